The number of anilines is 1. The number of hydrogen-bond acceptors (Lipinski definition) is 4. The van der Waals surface area contributed by atoms with Gasteiger partial charge in [-0.3, -0.25) is 4.31 Å². The maximum atomic E-state index is 12.2. The highest BCUT2D eigenvalue weighted by Gasteiger charge is 2.26. The Morgan fingerprint density at radius 3 is 2.88 bits per heavy atom. The van der Waals surface area contributed by atoms with E-state index in [-0.39, 0.29) is 11.7 Å². The highest BCUT2D eigenvalue weighted by atomic mass is 79.9. The van der Waals surface area contributed by atoms with Gasteiger partial charge in [-0.15, -0.1) is 11.3 Å². The summed E-state index contributed by atoms with van der Waals surface area (Å²) in [7, 11) is -1.58. The maximum Gasteiger partial charge on any atom is 0.235 e. The molecule has 1 atom stereocenters. The van der Waals surface area contributed by atoms with Crippen molar-refractivity contribution in [2.75, 3.05) is 30.2 Å². The number of rotatable bonds is 4. The average Bonchev–Trinajstić information content (AvgIpc) is 2.88. The van der Waals surface area contributed by atoms with E-state index in [2.05, 4.69) is 21.2 Å². The van der Waals surface area contributed by atoms with Gasteiger partial charge in [0.15, 0.2) is 0 Å². The van der Waals surface area contributed by atoms with Gasteiger partial charge in [-0.2, -0.15) is 0 Å². The molecule has 0 aromatic carbocycles. The van der Waals surface area contributed by atoms with E-state index in [1.54, 1.807) is 7.05 Å². The second-order valence-corrected chi connectivity index (χ2v) is 8.67. The van der Waals surface area contributed by atoms with Crippen LogP contribution in [0.2, 0.25) is 0 Å². The summed E-state index contributed by atoms with van der Waals surface area (Å²) in [6.07, 6.45) is 0.946. The number of nitrogens with zero attached hydrogens (tertiary/aromatic N) is 1. The summed E-state index contributed by atoms with van der Waals surface area (Å²) in [5.41, 5.74) is 0. The smallest absolute Gasteiger partial charge is 0.235 e. The number of nitrogens with one attached hydrogen (secondary N) is 1. The van der Waals surface area contributed by atoms with Gasteiger partial charge < -0.3 is 5.32 Å². The molecule has 1 aromatic heterocycles. The fraction of sp³-hybridized carbons (Fsp3) is 0.600. The van der Waals surface area contributed by atoms with Gasteiger partial charge in [0, 0.05) is 7.05 Å². The maximum absolute atomic E-state index is 12.2. The predicted octanol–water partition coefficient (Wildman–Crippen LogP) is 1.89. The Labute approximate surface area is 114 Å². The summed E-state index contributed by atoms with van der Waals surface area (Å²) < 4.78 is 26.7. The van der Waals surface area contributed by atoms with Crippen LogP contribution in [-0.4, -0.2) is 34.3 Å². The molecule has 0 saturated carbocycles. The molecule has 4 nitrogen and oxygen atoms in total. The third-order valence-electron chi connectivity index (χ3n) is 2.90. The largest absolute Gasteiger partial charge is 0.316 e. The van der Waals surface area contributed by atoms with Crippen molar-refractivity contribution in [1.29, 1.82) is 0 Å². The lowest BCUT2D eigenvalue weighted by Crippen LogP contribution is -2.32. The summed E-state index contributed by atoms with van der Waals surface area (Å²) in [6, 6.07) is 3.68. The molecule has 1 N–H and O–H groups in total. The zero-order valence-electron chi connectivity index (χ0n) is 9.52. The van der Waals surface area contributed by atoms with Gasteiger partial charge in [-0.1, -0.05) is 0 Å². The summed E-state index contributed by atoms with van der Waals surface area (Å²) >= 11 is 4.77. The molecular formula is C10H15BrN2O2S2. The first-order valence-electron chi connectivity index (χ1n) is 5.42. The van der Waals surface area contributed by atoms with Crippen molar-refractivity contribution in [3.05, 3.63) is 15.9 Å². The van der Waals surface area contributed by atoms with E-state index in [0.29, 0.717) is 0 Å². The van der Waals surface area contributed by atoms with Gasteiger partial charge in [0.1, 0.15) is 5.00 Å². The van der Waals surface area contributed by atoms with Crippen LogP contribution in [0.25, 0.3) is 0 Å². The van der Waals surface area contributed by atoms with Crippen molar-refractivity contribution in [3.63, 3.8) is 0 Å². The molecule has 7 heteroatoms. The van der Waals surface area contributed by atoms with Gasteiger partial charge >= 0.3 is 0 Å². The molecule has 0 bridgehead atoms. The number of sulfonamides is 1. The first-order valence-corrected chi connectivity index (χ1v) is 8.63. The standard InChI is InChI=1S/C10H15BrN2O2S2/c1-13(10-3-2-9(11)16-10)17(14,15)7-8-4-5-12-6-8/h2-3,8,12H,4-7H2,1H3. The SMILES string of the molecule is CN(c1ccc(Br)s1)S(=O)(=O)CC1CCNC1. The van der Waals surface area contributed by atoms with Crippen LogP contribution < -0.4 is 9.62 Å². The molecule has 96 valence electrons. The molecule has 1 aliphatic heterocycles. The van der Waals surface area contributed by atoms with Crippen LogP contribution in [0.3, 0.4) is 0 Å². The Hall–Kier alpha value is -0.110. The topological polar surface area (TPSA) is 49.4 Å². The molecule has 0 spiro atoms. The molecular weight excluding hydrogens is 324 g/mol. The third-order valence-corrected chi connectivity index (χ3v) is 6.63. The summed E-state index contributed by atoms with van der Waals surface area (Å²) in [5, 5.41) is 3.94. The number of hydrogen-bond donors (Lipinski definition) is 1. The zero-order chi connectivity index (χ0) is 12.5. The van der Waals surface area contributed by atoms with E-state index < -0.39 is 10.0 Å². The first-order chi connectivity index (χ1) is 7.99. The Morgan fingerprint density at radius 1 is 1.59 bits per heavy atom. The van der Waals surface area contributed by atoms with Gasteiger partial charge in [0.05, 0.1) is 9.54 Å². The molecule has 1 saturated heterocycles. The molecule has 1 fully saturated rings. The molecule has 1 aliphatic rings. The van der Waals surface area contributed by atoms with Crippen LogP contribution in [0.1, 0.15) is 6.42 Å². The van der Waals surface area contributed by atoms with E-state index in [4.69, 9.17) is 0 Å². The molecule has 2 heterocycles. The molecule has 2 rings (SSSR count). The average molecular weight is 339 g/mol. The van der Waals surface area contributed by atoms with Gasteiger partial charge in [0.2, 0.25) is 10.0 Å². The van der Waals surface area contributed by atoms with Crippen LogP contribution in [0.4, 0.5) is 5.00 Å². The van der Waals surface area contributed by atoms with E-state index in [9.17, 15) is 8.42 Å². The number of thiophene rings is 1. The molecule has 17 heavy (non-hydrogen) atoms. The van der Waals surface area contributed by atoms with E-state index in [1.807, 2.05) is 12.1 Å². The van der Waals surface area contributed by atoms with Crippen LogP contribution in [0.5, 0.6) is 0 Å². The molecule has 1 unspecified atom stereocenters. The predicted molar refractivity (Wildman–Crippen MR) is 75.2 cm³/mol. The first kappa shape index (κ1) is 13.3. The van der Waals surface area contributed by atoms with Crippen LogP contribution >= 0.6 is 27.3 Å². The van der Waals surface area contributed by atoms with Gasteiger partial charge in [-0.25, -0.2) is 8.42 Å². The number of halogens is 1. The second-order valence-electron chi connectivity index (χ2n) is 4.18. The fourth-order valence-electron chi connectivity index (χ4n) is 1.88. The highest BCUT2D eigenvalue weighted by Crippen LogP contribution is 2.31. The lowest BCUT2D eigenvalue weighted by Gasteiger charge is -2.19. The van der Waals surface area contributed by atoms with Gasteiger partial charge in [0.25, 0.3) is 0 Å². The van der Waals surface area contributed by atoms with E-state index in [1.165, 1.54) is 15.6 Å². The van der Waals surface area contributed by atoms with Crippen molar-refractivity contribution in [3.8, 4) is 0 Å². The van der Waals surface area contributed by atoms with Gasteiger partial charge in [-0.05, 0) is 53.5 Å². The lowest BCUT2D eigenvalue weighted by atomic mass is 10.2. The Balaban J connectivity index is 2.09. The van der Waals surface area contributed by atoms with Crippen molar-refractivity contribution in [2.45, 2.75) is 6.42 Å². The minimum absolute atomic E-state index is 0.228. The fourth-order valence-corrected chi connectivity index (χ4v) is 5.00. The minimum atomic E-state index is -3.20. The third kappa shape index (κ3) is 3.21. The monoisotopic (exact) mass is 338 g/mol. The second kappa shape index (κ2) is 5.26. The van der Waals surface area contributed by atoms with Crippen LogP contribution in [-0.2, 0) is 10.0 Å². The van der Waals surface area contributed by atoms with E-state index in [0.717, 1.165) is 28.3 Å². The molecule has 1 aromatic rings. The van der Waals surface area contributed by atoms with Crippen molar-refractivity contribution < 1.29 is 8.42 Å². The summed E-state index contributed by atoms with van der Waals surface area (Å²) in [6.45, 7) is 1.73. The summed E-state index contributed by atoms with van der Waals surface area (Å²) in [5.74, 6) is 0.470. The van der Waals surface area contributed by atoms with Crippen molar-refractivity contribution in [1.82, 2.24) is 5.32 Å². The molecule has 0 radical (unpaired) electrons. The summed E-state index contributed by atoms with van der Waals surface area (Å²) in [4.78, 5) is 0. The molecule has 0 amide bonds. The van der Waals surface area contributed by atoms with Crippen LogP contribution in [0, 0.1) is 5.92 Å². The van der Waals surface area contributed by atoms with Crippen molar-refractivity contribution in [2.24, 2.45) is 5.92 Å². The molecule has 0 aliphatic carbocycles. The minimum Gasteiger partial charge on any atom is -0.316 e. The zero-order valence-corrected chi connectivity index (χ0v) is 12.7. The van der Waals surface area contributed by atoms with E-state index >= 15 is 0 Å². The Bertz CT molecular complexity index is 480. The quantitative estimate of drug-likeness (QED) is 0.911. The lowest BCUT2D eigenvalue weighted by molar-refractivity contribution is 0.569. The normalized spacial score (nSPS) is 20.7. The highest BCUT2D eigenvalue weighted by molar-refractivity contribution is 9.11. The van der Waals surface area contributed by atoms with Crippen molar-refractivity contribution >= 4 is 42.3 Å². The Kier molecular flexibility index (Phi) is 4.12. The van der Waals surface area contributed by atoms with Crippen LogP contribution in [0.15, 0.2) is 15.9 Å². The Morgan fingerprint density at radius 2 is 2.35 bits per heavy atom.